The van der Waals surface area contributed by atoms with Gasteiger partial charge in [0.1, 0.15) is 11.4 Å². The fourth-order valence-corrected chi connectivity index (χ4v) is 13.7. The number of methoxy groups -OCH3 is 1. The van der Waals surface area contributed by atoms with Gasteiger partial charge in [0.25, 0.3) is 5.91 Å². The highest BCUT2D eigenvalue weighted by Crippen LogP contribution is 2.54. The molecule has 1 N–H and O–H groups in total. The van der Waals surface area contributed by atoms with Crippen LogP contribution in [0.3, 0.4) is 0 Å². The third-order valence-corrected chi connectivity index (χ3v) is 16.5. The quantitative estimate of drug-likeness (QED) is 0.322. The SMILES string of the molecule is CO[C@]1(C2SCCCS2)/C=C/[C@H](C)[C@H](C)CS(=O)(=O)NC(=O)c2ccc3c(c2)N(C[C@@H]2CC[C@H]21)C[C@@]1(CCCc2cc(Cl)ccc21)CO3. The molecule has 6 atom stereocenters. The van der Waals surface area contributed by atoms with Gasteiger partial charge in [-0.1, -0.05) is 43.7 Å². The van der Waals surface area contributed by atoms with E-state index < -0.39 is 21.5 Å². The predicted octanol–water partition coefficient (Wildman–Crippen LogP) is 7.32. The van der Waals surface area contributed by atoms with Crippen LogP contribution >= 0.6 is 35.1 Å². The highest BCUT2D eigenvalue weighted by molar-refractivity contribution is 8.17. The number of carbonyl (C=O) groups is 1. The summed E-state index contributed by atoms with van der Waals surface area (Å²) >= 11 is 10.5. The van der Waals surface area contributed by atoms with Crippen molar-refractivity contribution in [3.8, 4) is 5.75 Å². The zero-order valence-corrected chi connectivity index (χ0v) is 31.3. The zero-order chi connectivity index (χ0) is 33.7. The Kier molecular flexibility index (Phi) is 9.87. The topological polar surface area (TPSA) is 84.9 Å². The zero-order valence-electron chi connectivity index (χ0n) is 28.1. The number of nitrogens with zero attached hydrogens (tertiary/aromatic N) is 1. The van der Waals surface area contributed by atoms with Gasteiger partial charge in [0.05, 0.1) is 22.6 Å². The number of hydrogen-bond donors (Lipinski definition) is 1. The van der Waals surface area contributed by atoms with Crippen molar-refractivity contribution < 1.29 is 22.7 Å². The summed E-state index contributed by atoms with van der Waals surface area (Å²) < 4.78 is 42.6. The molecule has 1 amide bonds. The molecule has 11 heteroatoms. The van der Waals surface area contributed by atoms with Gasteiger partial charge in [0.2, 0.25) is 10.0 Å². The summed E-state index contributed by atoms with van der Waals surface area (Å²) in [6, 6.07) is 11.7. The normalized spacial score (nSPS) is 34.5. The number of aryl methyl sites for hydroxylation is 1. The minimum atomic E-state index is -3.88. The van der Waals surface area contributed by atoms with Gasteiger partial charge in [-0.15, -0.1) is 23.5 Å². The van der Waals surface area contributed by atoms with Gasteiger partial charge < -0.3 is 14.4 Å². The molecule has 2 aromatic rings. The molecule has 0 radical (unpaired) electrons. The highest BCUT2D eigenvalue weighted by atomic mass is 35.5. The number of nitrogens with one attached hydrogen (secondary N) is 1. The first-order chi connectivity index (χ1) is 23.0. The van der Waals surface area contributed by atoms with Crippen LogP contribution in [0.5, 0.6) is 5.75 Å². The Morgan fingerprint density at radius 1 is 1.08 bits per heavy atom. The molecule has 1 saturated carbocycles. The lowest BCUT2D eigenvalue weighted by Gasteiger charge is -2.53. The third kappa shape index (κ3) is 6.54. The summed E-state index contributed by atoms with van der Waals surface area (Å²) in [5, 5.41) is 0.752. The Morgan fingerprint density at radius 2 is 1.90 bits per heavy atom. The molecule has 2 aromatic carbocycles. The molecule has 0 aromatic heterocycles. The Hall–Kier alpha value is -1.85. The smallest absolute Gasteiger partial charge is 0.264 e. The van der Waals surface area contributed by atoms with Crippen molar-refractivity contribution in [3.63, 3.8) is 0 Å². The van der Waals surface area contributed by atoms with Crippen molar-refractivity contribution in [2.45, 2.75) is 68.0 Å². The van der Waals surface area contributed by atoms with E-state index in [1.807, 2.05) is 55.8 Å². The van der Waals surface area contributed by atoms with E-state index in [1.54, 1.807) is 6.07 Å². The second-order valence-corrected chi connectivity index (χ2v) is 19.6. The lowest BCUT2D eigenvalue weighted by atomic mass is 9.64. The Morgan fingerprint density at radius 3 is 2.65 bits per heavy atom. The molecular formula is C37H47ClN2O5S3. The molecular weight excluding hydrogens is 684 g/mol. The predicted molar refractivity (Wildman–Crippen MR) is 198 cm³/mol. The second-order valence-electron chi connectivity index (χ2n) is 14.6. The number of allylic oxidation sites excluding steroid dienone is 1. The van der Waals surface area contributed by atoms with Crippen molar-refractivity contribution >= 4 is 56.7 Å². The number of thioether (sulfide) groups is 2. The highest BCUT2D eigenvalue weighted by Gasteiger charge is 2.53. The second kappa shape index (κ2) is 13.7. The molecule has 0 unspecified atom stereocenters. The molecule has 7 nitrogen and oxygen atoms in total. The van der Waals surface area contributed by atoms with Crippen LogP contribution in [0, 0.1) is 23.7 Å². The fraction of sp³-hybridized carbons (Fsp3) is 0.595. The van der Waals surface area contributed by atoms with E-state index in [2.05, 4.69) is 40.8 Å². The summed E-state index contributed by atoms with van der Waals surface area (Å²) in [4.78, 5) is 15.9. The summed E-state index contributed by atoms with van der Waals surface area (Å²) in [6.45, 7) is 6.06. The molecule has 5 aliphatic rings. The van der Waals surface area contributed by atoms with E-state index in [1.165, 1.54) is 17.5 Å². The van der Waals surface area contributed by atoms with Crippen LogP contribution in [0.25, 0.3) is 0 Å². The average molecular weight is 731 g/mol. The maximum Gasteiger partial charge on any atom is 0.264 e. The molecule has 2 bridgehead atoms. The van der Waals surface area contributed by atoms with E-state index in [0.29, 0.717) is 24.0 Å². The maximum absolute atomic E-state index is 13.5. The molecule has 3 heterocycles. The minimum absolute atomic E-state index is 0.0235. The van der Waals surface area contributed by atoms with Gasteiger partial charge in [-0.05, 0) is 115 Å². The van der Waals surface area contributed by atoms with Gasteiger partial charge >= 0.3 is 0 Å². The van der Waals surface area contributed by atoms with Crippen LogP contribution < -0.4 is 14.4 Å². The van der Waals surface area contributed by atoms with Gasteiger partial charge in [0, 0.05) is 36.2 Å². The van der Waals surface area contributed by atoms with Gasteiger partial charge in [-0.3, -0.25) is 4.79 Å². The lowest BCUT2D eigenvalue weighted by Crippen LogP contribution is -2.56. The van der Waals surface area contributed by atoms with Gasteiger partial charge in [-0.2, -0.15) is 0 Å². The van der Waals surface area contributed by atoms with Crippen LogP contribution in [-0.2, 0) is 26.6 Å². The Bertz CT molecular complexity index is 1680. The number of carbonyl (C=O) groups excluding carboxylic acids is 1. The number of anilines is 1. The van der Waals surface area contributed by atoms with Gasteiger partial charge in [0.15, 0.2) is 0 Å². The monoisotopic (exact) mass is 730 g/mol. The summed E-state index contributed by atoms with van der Waals surface area (Å²) in [5.41, 5.74) is 3.01. The van der Waals surface area contributed by atoms with Crippen LogP contribution in [-0.4, -0.2) is 68.6 Å². The molecule has 2 fully saturated rings. The first-order valence-corrected chi connectivity index (χ1v) is 21.5. The van der Waals surface area contributed by atoms with Gasteiger partial charge in [-0.25, -0.2) is 13.1 Å². The third-order valence-electron chi connectivity index (χ3n) is 11.6. The number of benzene rings is 2. The number of sulfonamides is 1. The van der Waals surface area contributed by atoms with E-state index in [0.717, 1.165) is 73.2 Å². The van der Waals surface area contributed by atoms with Crippen molar-refractivity contribution in [1.29, 1.82) is 0 Å². The van der Waals surface area contributed by atoms with Crippen LogP contribution in [0.1, 0.15) is 67.4 Å². The molecule has 2 aliphatic carbocycles. The number of ether oxygens (including phenoxy) is 2. The van der Waals surface area contributed by atoms with E-state index >= 15 is 0 Å². The number of rotatable bonds is 2. The average Bonchev–Trinajstić information content (AvgIpc) is 3.21. The van der Waals surface area contributed by atoms with Crippen molar-refractivity contribution in [1.82, 2.24) is 4.72 Å². The first kappa shape index (κ1) is 34.6. The molecule has 7 rings (SSSR count). The number of amides is 1. The largest absolute Gasteiger partial charge is 0.490 e. The van der Waals surface area contributed by atoms with Crippen molar-refractivity contribution in [2.75, 3.05) is 49.0 Å². The molecule has 260 valence electrons. The summed E-state index contributed by atoms with van der Waals surface area (Å²) in [5.74, 6) is 2.65. The molecule has 1 spiro atoms. The van der Waals surface area contributed by atoms with E-state index in [9.17, 15) is 13.2 Å². The standard InChI is InChI=1S/C37H47ClN2O5S3/c1-24-13-15-37(44-3,35-46-16-5-17-47-35)31-10-7-28(31)20-40-22-36(14-4-6-26-18-29(38)9-11-30(26)36)23-45-33-12-8-27(19-32(33)40)34(41)39-48(42,43)21-25(24)2/h8-9,11-13,15,18-19,24-25,28,31,35H,4-7,10,14,16-17,20-23H2,1-3H3,(H,39,41)/b15-13+/t24-,25+,28-,31+,36-,37+/m0/s1. The lowest BCUT2D eigenvalue weighted by molar-refractivity contribution is -0.0640. The number of fused-ring (bicyclic) bond motifs is 4. The van der Waals surface area contributed by atoms with Crippen LogP contribution in [0.2, 0.25) is 5.02 Å². The van der Waals surface area contributed by atoms with Crippen molar-refractivity contribution in [3.05, 3.63) is 70.3 Å². The Balaban J connectivity index is 1.34. The molecule has 3 aliphatic heterocycles. The first-order valence-electron chi connectivity index (χ1n) is 17.4. The maximum atomic E-state index is 13.5. The fourth-order valence-electron chi connectivity index (χ4n) is 8.59. The van der Waals surface area contributed by atoms with Crippen LogP contribution in [0.4, 0.5) is 5.69 Å². The number of hydrogen-bond acceptors (Lipinski definition) is 8. The summed E-state index contributed by atoms with van der Waals surface area (Å²) in [6.07, 6.45) is 10.9. The Labute approximate surface area is 299 Å². The van der Waals surface area contributed by atoms with Crippen LogP contribution in [0.15, 0.2) is 48.6 Å². The minimum Gasteiger partial charge on any atom is -0.490 e. The summed E-state index contributed by atoms with van der Waals surface area (Å²) in [7, 11) is -2.02. The van der Waals surface area contributed by atoms with E-state index in [-0.39, 0.29) is 27.6 Å². The van der Waals surface area contributed by atoms with E-state index in [4.69, 9.17) is 21.1 Å². The molecule has 48 heavy (non-hydrogen) atoms. The molecule has 1 saturated heterocycles. The van der Waals surface area contributed by atoms with Crippen molar-refractivity contribution in [2.24, 2.45) is 23.7 Å². The number of halogens is 1.